The van der Waals surface area contributed by atoms with Gasteiger partial charge in [-0.3, -0.25) is 0 Å². The Bertz CT molecular complexity index is 523. The Morgan fingerprint density at radius 3 is 2.21 bits per heavy atom. The van der Waals surface area contributed by atoms with Gasteiger partial charge in [-0.15, -0.1) is 0 Å². The molecule has 0 bridgehead atoms. The van der Waals surface area contributed by atoms with Crippen LogP contribution in [0.15, 0.2) is 48.5 Å². The van der Waals surface area contributed by atoms with Gasteiger partial charge in [0.25, 0.3) is 0 Å². The van der Waals surface area contributed by atoms with Crippen molar-refractivity contribution < 1.29 is 4.39 Å². The molecule has 2 aromatic carbocycles. The van der Waals surface area contributed by atoms with Crippen molar-refractivity contribution in [2.45, 2.75) is 20.0 Å². The maximum atomic E-state index is 13.8. The molecule has 0 atom stereocenters. The van der Waals surface area contributed by atoms with Gasteiger partial charge >= 0.3 is 0 Å². The van der Waals surface area contributed by atoms with Crippen LogP contribution in [0.3, 0.4) is 0 Å². The maximum Gasteiger partial charge on any atom is 0.146 e. The lowest BCUT2D eigenvalue weighted by molar-refractivity contribution is 0.618. The van der Waals surface area contributed by atoms with Gasteiger partial charge in [0.2, 0.25) is 0 Å². The van der Waals surface area contributed by atoms with E-state index in [1.54, 1.807) is 6.07 Å². The minimum atomic E-state index is -0.178. The predicted molar refractivity (Wildman–Crippen MR) is 77.5 cm³/mol. The maximum absolute atomic E-state index is 13.8. The van der Waals surface area contributed by atoms with E-state index >= 15 is 0 Å². The van der Waals surface area contributed by atoms with Crippen LogP contribution in [-0.4, -0.2) is 6.54 Å². The van der Waals surface area contributed by atoms with Crippen LogP contribution in [0.2, 0.25) is 0 Å². The van der Waals surface area contributed by atoms with Crippen molar-refractivity contribution in [2.75, 3.05) is 11.4 Å². The van der Waals surface area contributed by atoms with Crippen molar-refractivity contribution in [1.82, 2.24) is 0 Å². The lowest BCUT2D eigenvalue weighted by Gasteiger charge is -2.23. The lowest BCUT2D eigenvalue weighted by atomic mass is 10.1. The summed E-state index contributed by atoms with van der Waals surface area (Å²) in [5, 5.41) is 0. The molecule has 0 spiro atoms. The standard InChI is InChI=1S/C16H19FN2/c1-2-19(16-6-4-3-5-15(16)17)12-14-9-7-13(11-18)8-10-14/h3-10H,2,11-12,18H2,1H3. The average molecular weight is 258 g/mol. The highest BCUT2D eigenvalue weighted by atomic mass is 19.1. The molecule has 0 aliphatic carbocycles. The number of halogens is 1. The highest BCUT2D eigenvalue weighted by Crippen LogP contribution is 2.20. The number of hydrogen-bond acceptors (Lipinski definition) is 2. The third-order valence-electron chi connectivity index (χ3n) is 3.21. The van der Waals surface area contributed by atoms with Crippen molar-refractivity contribution in [1.29, 1.82) is 0 Å². The highest BCUT2D eigenvalue weighted by molar-refractivity contribution is 5.48. The van der Waals surface area contributed by atoms with E-state index in [1.807, 2.05) is 48.2 Å². The molecule has 100 valence electrons. The van der Waals surface area contributed by atoms with Crippen LogP contribution in [-0.2, 0) is 13.1 Å². The topological polar surface area (TPSA) is 29.3 Å². The first-order chi connectivity index (χ1) is 9.24. The monoisotopic (exact) mass is 258 g/mol. The third-order valence-corrected chi connectivity index (χ3v) is 3.21. The Morgan fingerprint density at radius 1 is 1.00 bits per heavy atom. The average Bonchev–Trinajstić information content (AvgIpc) is 2.46. The van der Waals surface area contributed by atoms with E-state index in [9.17, 15) is 4.39 Å². The molecule has 2 N–H and O–H groups in total. The van der Waals surface area contributed by atoms with Crippen molar-refractivity contribution in [3.05, 3.63) is 65.5 Å². The van der Waals surface area contributed by atoms with E-state index in [4.69, 9.17) is 5.73 Å². The summed E-state index contributed by atoms with van der Waals surface area (Å²) in [4.78, 5) is 2.02. The molecule has 2 aromatic rings. The fourth-order valence-corrected chi connectivity index (χ4v) is 2.08. The van der Waals surface area contributed by atoms with Crippen molar-refractivity contribution in [3.63, 3.8) is 0 Å². The predicted octanol–water partition coefficient (Wildman–Crippen LogP) is 3.31. The zero-order chi connectivity index (χ0) is 13.7. The molecular weight excluding hydrogens is 239 g/mol. The number of para-hydroxylation sites is 1. The zero-order valence-electron chi connectivity index (χ0n) is 11.1. The summed E-state index contributed by atoms with van der Waals surface area (Å²) in [6, 6.07) is 15.0. The molecule has 19 heavy (non-hydrogen) atoms. The number of benzene rings is 2. The third kappa shape index (κ3) is 3.32. The summed E-state index contributed by atoms with van der Waals surface area (Å²) >= 11 is 0. The van der Waals surface area contributed by atoms with Crippen LogP contribution in [0.1, 0.15) is 18.1 Å². The van der Waals surface area contributed by atoms with Crippen molar-refractivity contribution >= 4 is 5.69 Å². The number of anilines is 1. The fourth-order valence-electron chi connectivity index (χ4n) is 2.08. The molecule has 0 saturated carbocycles. The van der Waals surface area contributed by atoms with Gasteiger partial charge in [-0.05, 0) is 30.2 Å². The second-order valence-electron chi connectivity index (χ2n) is 4.49. The molecule has 3 heteroatoms. The number of nitrogens with zero attached hydrogens (tertiary/aromatic N) is 1. The van der Waals surface area contributed by atoms with E-state index in [-0.39, 0.29) is 5.82 Å². The second kappa shape index (κ2) is 6.34. The van der Waals surface area contributed by atoms with Gasteiger partial charge in [0.05, 0.1) is 5.69 Å². The molecule has 0 aromatic heterocycles. The van der Waals surface area contributed by atoms with Gasteiger partial charge in [-0.25, -0.2) is 4.39 Å². The molecule has 0 aliphatic rings. The Balaban J connectivity index is 2.17. The first-order valence-electron chi connectivity index (χ1n) is 6.52. The summed E-state index contributed by atoms with van der Waals surface area (Å²) in [6.07, 6.45) is 0. The van der Waals surface area contributed by atoms with E-state index < -0.39 is 0 Å². The van der Waals surface area contributed by atoms with E-state index in [2.05, 4.69) is 0 Å². The molecule has 0 aliphatic heterocycles. The van der Waals surface area contributed by atoms with Gasteiger partial charge in [-0.2, -0.15) is 0 Å². The second-order valence-corrected chi connectivity index (χ2v) is 4.49. The summed E-state index contributed by atoms with van der Waals surface area (Å²) < 4.78 is 13.8. The molecule has 0 amide bonds. The van der Waals surface area contributed by atoms with Crippen molar-refractivity contribution in [3.8, 4) is 0 Å². The minimum absolute atomic E-state index is 0.178. The van der Waals surface area contributed by atoms with Crippen LogP contribution in [0.25, 0.3) is 0 Å². The van der Waals surface area contributed by atoms with Crippen LogP contribution in [0.5, 0.6) is 0 Å². The van der Waals surface area contributed by atoms with Gasteiger partial charge in [0.1, 0.15) is 5.82 Å². The fraction of sp³-hybridized carbons (Fsp3) is 0.250. The Labute approximate surface area is 113 Å². The van der Waals surface area contributed by atoms with E-state index in [1.165, 1.54) is 6.07 Å². The summed E-state index contributed by atoms with van der Waals surface area (Å²) in [6.45, 7) is 4.04. The van der Waals surface area contributed by atoms with Crippen molar-refractivity contribution in [2.24, 2.45) is 5.73 Å². The van der Waals surface area contributed by atoms with Gasteiger partial charge in [-0.1, -0.05) is 36.4 Å². The Morgan fingerprint density at radius 2 is 1.63 bits per heavy atom. The van der Waals surface area contributed by atoms with Crippen LogP contribution in [0.4, 0.5) is 10.1 Å². The zero-order valence-corrected chi connectivity index (χ0v) is 11.1. The Kier molecular flexibility index (Phi) is 4.53. The quantitative estimate of drug-likeness (QED) is 0.891. The molecule has 2 nitrogen and oxygen atoms in total. The smallest absolute Gasteiger partial charge is 0.146 e. The molecule has 0 unspecified atom stereocenters. The van der Waals surface area contributed by atoms with Gasteiger partial charge in [0.15, 0.2) is 0 Å². The minimum Gasteiger partial charge on any atom is -0.365 e. The van der Waals surface area contributed by atoms with Crippen LogP contribution >= 0.6 is 0 Å². The summed E-state index contributed by atoms with van der Waals surface area (Å²) in [5.74, 6) is -0.178. The van der Waals surface area contributed by atoms with E-state index in [0.717, 1.165) is 17.7 Å². The Hall–Kier alpha value is -1.87. The summed E-state index contributed by atoms with van der Waals surface area (Å²) in [7, 11) is 0. The molecule has 0 saturated heterocycles. The van der Waals surface area contributed by atoms with Crippen LogP contribution in [0, 0.1) is 5.82 Å². The lowest BCUT2D eigenvalue weighted by Crippen LogP contribution is -2.23. The number of hydrogen-bond donors (Lipinski definition) is 1. The molecular formula is C16H19FN2. The molecule has 0 fully saturated rings. The highest BCUT2D eigenvalue weighted by Gasteiger charge is 2.09. The first-order valence-corrected chi connectivity index (χ1v) is 6.52. The summed E-state index contributed by atoms with van der Waals surface area (Å²) in [5.41, 5.74) is 8.49. The molecule has 2 rings (SSSR count). The normalized spacial score (nSPS) is 10.5. The SMILES string of the molecule is CCN(Cc1ccc(CN)cc1)c1ccccc1F. The number of rotatable bonds is 5. The molecule has 0 heterocycles. The van der Waals surface area contributed by atoms with Crippen LogP contribution < -0.4 is 10.6 Å². The van der Waals surface area contributed by atoms with Gasteiger partial charge < -0.3 is 10.6 Å². The first kappa shape index (κ1) is 13.6. The largest absolute Gasteiger partial charge is 0.365 e. The van der Waals surface area contributed by atoms with E-state index in [0.29, 0.717) is 18.8 Å². The van der Waals surface area contributed by atoms with Gasteiger partial charge in [0, 0.05) is 19.6 Å². The molecule has 0 radical (unpaired) electrons. The number of nitrogens with two attached hydrogens (primary N) is 1.